The molecule has 1 amide bonds. The molecule has 0 aliphatic carbocycles. The Bertz CT molecular complexity index is 683. The maximum absolute atomic E-state index is 11.9. The number of fused-ring (bicyclic) bond motifs is 1. The molecular weight excluding hydrogens is 268 g/mol. The zero-order valence-corrected chi connectivity index (χ0v) is 11.8. The number of carbonyl (C=O) groups excluding carboxylic acids is 1. The number of nitriles is 1. The molecule has 1 aliphatic rings. The standard InChI is InChI=1S/C14H16N6O/c1-14(2)7-18-13(21)9-5-8(3-4-10(9)14)19-20-11(6-15)12(16)17/h3-5,19H,7H2,1-2H3,(H3,16,17)(H,18,21)/b20-11+. The Morgan fingerprint density at radius 1 is 1.57 bits per heavy atom. The van der Waals surface area contributed by atoms with Gasteiger partial charge in [0.25, 0.3) is 5.91 Å². The highest BCUT2D eigenvalue weighted by Gasteiger charge is 2.31. The van der Waals surface area contributed by atoms with E-state index in [1.165, 1.54) is 0 Å². The molecule has 0 fully saturated rings. The zero-order valence-electron chi connectivity index (χ0n) is 11.8. The fourth-order valence-corrected chi connectivity index (χ4v) is 2.15. The Morgan fingerprint density at radius 3 is 2.90 bits per heavy atom. The Labute approximate surface area is 122 Å². The van der Waals surface area contributed by atoms with E-state index in [0.29, 0.717) is 17.8 Å². The van der Waals surface area contributed by atoms with Crippen LogP contribution in [0.4, 0.5) is 5.69 Å². The number of nitrogens with one attached hydrogen (secondary N) is 3. The monoisotopic (exact) mass is 284 g/mol. The minimum Gasteiger partial charge on any atom is -0.382 e. The SMILES string of the molecule is CC1(C)CNC(=O)c2cc(N/N=C(\C#N)C(=N)N)ccc21. The highest BCUT2D eigenvalue weighted by atomic mass is 16.1. The summed E-state index contributed by atoms with van der Waals surface area (Å²) in [5, 5.41) is 22.5. The van der Waals surface area contributed by atoms with Crippen molar-refractivity contribution < 1.29 is 4.79 Å². The van der Waals surface area contributed by atoms with Gasteiger partial charge in [-0.15, -0.1) is 0 Å². The smallest absolute Gasteiger partial charge is 0.251 e. The lowest BCUT2D eigenvalue weighted by Gasteiger charge is -2.32. The van der Waals surface area contributed by atoms with E-state index in [1.807, 2.05) is 6.07 Å². The molecule has 0 saturated heterocycles. The molecule has 5 N–H and O–H groups in total. The van der Waals surface area contributed by atoms with Crippen molar-refractivity contribution >= 4 is 23.1 Å². The maximum atomic E-state index is 11.9. The van der Waals surface area contributed by atoms with E-state index in [4.69, 9.17) is 16.4 Å². The van der Waals surface area contributed by atoms with Gasteiger partial charge in [-0.1, -0.05) is 19.9 Å². The summed E-state index contributed by atoms with van der Waals surface area (Å²) in [6.07, 6.45) is 0. The summed E-state index contributed by atoms with van der Waals surface area (Å²) < 4.78 is 0. The number of amidine groups is 1. The van der Waals surface area contributed by atoms with Gasteiger partial charge in [-0.2, -0.15) is 10.4 Å². The maximum Gasteiger partial charge on any atom is 0.251 e. The van der Waals surface area contributed by atoms with Gasteiger partial charge in [0.1, 0.15) is 6.07 Å². The Balaban J connectivity index is 2.34. The molecule has 7 nitrogen and oxygen atoms in total. The van der Waals surface area contributed by atoms with Crippen LogP contribution in [0.2, 0.25) is 0 Å². The van der Waals surface area contributed by atoms with Crippen LogP contribution < -0.4 is 16.5 Å². The van der Waals surface area contributed by atoms with Gasteiger partial charge in [-0.3, -0.25) is 15.6 Å². The normalized spacial score (nSPS) is 16.4. The van der Waals surface area contributed by atoms with Crippen molar-refractivity contribution in [1.29, 1.82) is 10.7 Å². The topological polar surface area (TPSA) is 127 Å². The lowest BCUT2D eigenvalue weighted by atomic mass is 9.79. The second-order valence-electron chi connectivity index (χ2n) is 5.42. The zero-order chi connectivity index (χ0) is 15.6. The molecule has 0 saturated carbocycles. The molecule has 1 aromatic rings. The largest absolute Gasteiger partial charge is 0.382 e. The molecule has 1 aromatic carbocycles. The third-order valence-corrected chi connectivity index (χ3v) is 3.34. The van der Waals surface area contributed by atoms with Crippen LogP contribution in [0.25, 0.3) is 0 Å². The molecule has 21 heavy (non-hydrogen) atoms. The van der Waals surface area contributed by atoms with Gasteiger partial charge in [0.15, 0.2) is 5.84 Å². The molecule has 2 rings (SSSR count). The highest BCUT2D eigenvalue weighted by Crippen LogP contribution is 2.31. The van der Waals surface area contributed by atoms with Crippen LogP contribution >= 0.6 is 0 Å². The Kier molecular flexibility index (Phi) is 3.63. The van der Waals surface area contributed by atoms with Gasteiger partial charge in [-0.05, 0) is 17.7 Å². The first-order chi connectivity index (χ1) is 9.85. The second-order valence-corrected chi connectivity index (χ2v) is 5.42. The molecule has 0 radical (unpaired) electrons. The molecule has 0 bridgehead atoms. The van der Waals surface area contributed by atoms with E-state index in [0.717, 1.165) is 5.56 Å². The first-order valence-electron chi connectivity index (χ1n) is 6.36. The van der Waals surface area contributed by atoms with E-state index in [2.05, 4.69) is 29.7 Å². The third kappa shape index (κ3) is 2.84. The molecule has 1 heterocycles. The average molecular weight is 284 g/mol. The van der Waals surface area contributed by atoms with Gasteiger partial charge >= 0.3 is 0 Å². The average Bonchev–Trinajstić information content (AvgIpc) is 2.43. The summed E-state index contributed by atoms with van der Waals surface area (Å²) in [4.78, 5) is 11.9. The molecule has 0 unspecified atom stereocenters. The van der Waals surface area contributed by atoms with Crippen LogP contribution in [0, 0.1) is 16.7 Å². The first-order valence-corrected chi connectivity index (χ1v) is 6.36. The van der Waals surface area contributed by atoms with Crippen molar-refractivity contribution in [3.63, 3.8) is 0 Å². The van der Waals surface area contributed by atoms with Crippen LogP contribution in [-0.2, 0) is 5.41 Å². The van der Waals surface area contributed by atoms with Crippen LogP contribution in [0.15, 0.2) is 23.3 Å². The van der Waals surface area contributed by atoms with Crippen LogP contribution in [-0.4, -0.2) is 24.0 Å². The number of rotatable bonds is 3. The van der Waals surface area contributed by atoms with Gasteiger partial charge in [-0.25, -0.2) is 0 Å². The Morgan fingerprint density at radius 2 is 2.29 bits per heavy atom. The first kappa shape index (κ1) is 14.5. The fourth-order valence-electron chi connectivity index (χ4n) is 2.15. The highest BCUT2D eigenvalue weighted by molar-refractivity contribution is 6.45. The van der Waals surface area contributed by atoms with Crippen LogP contribution in [0.1, 0.15) is 29.8 Å². The number of anilines is 1. The fraction of sp³-hybridized carbons (Fsp3) is 0.286. The molecule has 0 atom stereocenters. The van der Waals surface area contributed by atoms with Crippen LogP contribution in [0.3, 0.4) is 0 Å². The van der Waals surface area contributed by atoms with Gasteiger partial charge < -0.3 is 11.1 Å². The third-order valence-electron chi connectivity index (χ3n) is 3.34. The molecule has 1 aliphatic heterocycles. The molecule has 108 valence electrons. The van der Waals surface area contributed by atoms with Crippen molar-refractivity contribution in [3.8, 4) is 6.07 Å². The Hall–Kier alpha value is -2.88. The van der Waals surface area contributed by atoms with E-state index in [-0.39, 0.29) is 17.0 Å². The number of amides is 1. The van der Waals surface area contributed by atoms with Gasteiger partial charge in [0.2, 0.25) is 5.71 Å². The van der Waals surface area contributed by atoms with E-state index < -0.39 is 5.84 Å². The molecule has 7 heteroatoms. The molecule has 0 aromatic heterocycles. The van der Waals surface area contributed by atoms with Crippen molar-refractivity contribution in [1.82, 2.24) is 5.32 Å². The minimum absolute atomic E-state index is 0.135. The minimum atomic E-state index is -0.415. The lowest BCUT2D eigenvalue weighted by Crippen LogP contribution is -2.43. The summed E-state index contributed by atoms with van der Waals surface area (Å²) in [6.45, 7) is 4.70. The number of carbonyl (C=O) groups is 1. The van der Waals surface area contributed by atoms with Crippen molar-refractivity contribution in [3.05, 3.63) is 29.3 Å². The van der Waals surface area contributed by atoms with E-state index >= 15 is 0 Å². The lowest BCUT2D eigenvalue weighted by molar-refractivity contribution is 0.0930. The predicted molar refractivity (Wildman–Crippen MR) is 80.4 cm³/mol. The summed E-state index contributed by atoms with van der Waals surface area (Å²) in [7, 11) is 0. The van der Waals surface area contributed by atoms with Crippen molar-refractivity contribution in [2.75, 3.05) is 12.0 Å². The van der Waals surface area contributed by atoms with Crippen molar-refractivity contribution in [2.45, 2.75) is 19.3 Å². The molecular formula is C14H16N6O. The van der Waals surface area contributed by atoms with Gasteiger partial charge in [0.05, 0.1) is 5.69 Å². The number of nitrogens with zero attached hydrogens (tertiary/aromatic N) is 2. The van der Waals surface area contributed by atoms with Crippen molar-refractivity contribution in [2.24, 2.45) is 10.8 Å². The summed E-state index contributed by atoms with van der Waals surface area (Å²) in [6, 6.07) is 7.03. The predicted octanol–water partition coefficient (Wildman–Crippen LogP) is 0.935. The number of nitrogens with two attached hydrogens (primary N) is 1. The second kappa shape index (κ2) is 5.25. The molecule has 0 spiro atoms. The van der Waals surface area contributed by atoms with Gasteiger partial charge in [0, 0.05) is 17.5 Å². The quantitative estimate of drug-likeness (QED) is 0.374. The number of benzene rings is 1. The number of hydrazone groups is 1. The number of hydrogen-bond acceptors (Lipinski definition) is 5. The summed E-state index contributed by atoms with van der Waals surface area (Å²) in [5.41, 5.74) is 9.59. The van der Waals surface area contributed by atoms with Crippen LogP contribution in [0.5, 0.6) is 0 Å². The summed E-state index contributed by atoms with van der Waals surface area (Å²) >= 11 is 0. The summed E-state index contributed by atoms with van der Waals surface area (Å²) in [5.74, 6) is -0.550. The van der Waals surface area contributed by atoms with E-state index in [9.17, 15) is 4.79 Å². The van der Waals surface area contributed by atoms with E-state index in [1.54, 1.807) is 18.2 Å². The number of hydrogen-bond donors (Lipinski definition) is 4.